The van der Waals surface area contributed by atoms with Crippen LogP contribution in [0.2, 0.25) is 0 Å². The highest BCUT2D eigenvalue weighted by molar-refractivity contribution is 14.1. The molecule has 0 bridgehead atoms. The summed E-state index contributed by atoms with van der Waals surface area (Å²) in [7, 11) is -1.65. The molecule has 2 aliphatic rings. The van der Waals surface area contributed by atoms with E-state index >= 15 is 0 Å². The van der Waals surface area contributed by atoms with E-state index < -0.39 is 27.5 Å². The van der Waals surface area contributed by atoms with Gasteiger partial charge >= 0.3 is 0 Å². The molecule has 3 rings (SSSR count). The van der Waals surface area contributed by atoms with Gasteiger partial charge in [0.05, 0.1) is 29.1 Å². The van der Waals surface area contributed by atoms with Crippen LogP contribution in [0.1, 0.15) is 29.3 Å². The first kappa shape index (κ1) is 19.2. The third kappa shape index (κ3) is 3.27. The highest BCUT2D eigenvalue weighted by Gasteiger charge is 2.57. The van der Waals surface area contributed by atoms with E-state index in [1.165, 1.54) is 35.1 Å². The molecule has 0 saturated heterocycles. The topological polar surface area (TPSA) is 76.4 Å². The average Bonchev–Trinajstić information content (AvgIpc) is 3.26. The Morgan fingerprint density at radius 3 is 2.64 bits per heavy atom. The molecule has 0 N–H and O–H groups in total. The molecular formula is C15H15F2INO4PS. The summed E-state index contributed by atoms with van der Waals surface area (Å²) in [6.07, 6.45) is 0.0235. The Balaban J connectivity index is 2.06. The van der Waals surface area contributed by atoms with E-state index in [9.17, 15) is 17.2 Å². The van der Waals surface area contributed by atoms with Gasteiger partial charge in [-0.25, -0.2) is 17.2 Å². The van der Waals surface area contributed by atoms with Crippen LogP contribution < -0.4 is 4.74 Å². The van der Waals surface area contributed by atoms with Crippen LogP contribution in [0.3, 0.4) is 0 Å². The molecule has 5 unspecified atom stereocenters. The summed E-state index contributed by atoms with van der Waals surface area (Å²) < 4.78 is 64.0. The first-order valence-corrected chi connectivity index (χ1v) is 10.9. The van der Waals surface area contributed by atoms with Crippen molar-refractivity contribution in [3.8, 4) is 11.8 Å². The van der Waals surface area contributed by atoms with Crippen LogP contribution in [0, 0.1) is 23.2 Å². The summed E-state index contributed by atoms with van der Waals surface area (Å²) in [5.74, 6) is -3.07. The molecule has 0 amide bonds. The van der Waals surface area contributed by atoms with Gasteiger partial charge in [0.25, 0.3) is 5.92 Å². The minimum Gasteiger partial charge on any atom is -0.493 e. The van der Waals surface area contributed by atoms with Crippen LogP contribution >= 0.6 is 32.2 Å². The van der Waals surface area contributed by atoms with Crippen molar-refractivity contribution in [3.05, 3.63) is 23.3 Å². The maximum atomic E-state index is 14.6. The van der Waals surface area contributed by atoms with Crippen molar-refractivity contribution in [2.75, 3.05) is 12.9 Å². The zero-order chi connectivity index (χ0) is 18.6. The lowest BCUT2D eigenvalue weighted by Crippen LogP contribution is -2.24. The number of sulfone groups is 1. The van der Waals surface area contributed by atoms with Crippen molar-refractivity contribution in [1.29, 1.82) is 5.26 Å². The second-order valence-electron chi connectivity index (χ2n) is 6.33. The number of halogens is 3. The Labute approximate surface area is 160 Å². The van der Waals surface area contributed by atoms with Crippen LogP contribution in [0.25, 0.3) is 0 Å². The predicted octanol–water partition coefficient (Wildman–Crippen LogP) is 3.60. The minimum atomic E-state index is -3.72. The number of nitrogens with zero attached hydrogens (tertiary/aromatic N) is 1. The first-order chi connectivity index (χ1) is 11.6. The van der Waals surface area contributed by atoms with Crippen molar-refractivity contribution < 1.29 is 25.0 Å². The van der Waals surface area contributed by atoms with Crippen LogP contribution in [0.4, 0.5) is 8.78 Å². The van der Waals surface area contributed by atoms with Gasteiger partial charge in [-0.3, -0.25) is 0 Å². The fourth-order valence-electron chi connectivity index (χ4n) is 3.08. The highest BCUT2D eigenvalue weighted by atomic mass is 127. The van der Waals surface area contributed by atoms with Crippen molar-refractivity contribution in [1.82, 2.24) is 0 Å². The van der Waals surface area contributed by atoms with E-state index in [0.29, 0.717) is 0 Å². The summed E-state index contributed by atoms with van der Waals surface area (Å²) in [6.45, 7) is 0.238. The number of hydrogen-bond donors (Lipinski definition) is 0. The van der Waals surface area contributed by atoms with Gasteiger partial charge < -0.3 is 7.80 Å². The van der Waals surface area contributed by atoms with Gasteiger partial charge in [0, 0.05) is 23.3 Å². The van der Waals surface area contributed by atoms with Crippen LogP contribution in [0.15, 0.2) is 17.0 Å². The van der Waals surface area contributed by atoms with Crippen LogP contribution in [-0.4, -0.2) is 27.2 Å². The fourth-order valence-corrected chi connectivity index (χ4v) is 5.12. The molecule has 1 aromatic rings. The third-order valence-electron chi connectivity index (χ3n) is 4.57. The third-order valence-corrected chi connectivity index (χ3v) is 7.02. The van der Waals surface area contributed by atoms with E-state index in [1.807, 2.05) is 0 Å². The van der Waals surface area contributed by atoms with Gasteiger partial charge in [-0.2, -0.15) is 5.26 Å². The van der Waals surface area contributed by atoms with Crippen molar-refractivity contribution >= 4 is 42.1 Å². The van der Waals surface area contributed by atoms with E-state index in [2.05, 4.69) is 15.3 Å². The molecule has 5 nitrogen and oxygen atoms in total. The molecule has 0 aliphatic heterocycles. The van der Waals surface area contributed by atoms with Crippen molar-refractivity contribution in [2.45, 2.75) is 29.0 Å². The predicted molar refractivity (Wildman–Crippen MR) is 97.5 cm³/mol. The lowest BCUT2D eigenvalue weighted by molar-refractivity contribution is -0.0731. The maximum absolute atomic E-state index is 14.6. The Bertz CT molecular complexity index is 858. The molecule has 1 fully saturated rings. The normalized spacial score (nSPS) is 29.8. The van der Waals surface area contributed by atoms with E-state index in [1.54, 1.807) is 0 Å². The summed E-state index contributed by atoms with van der Waals surface area (Å²) >= 11 is 1.37. The van der Waals surface area contributed by atoms with Gasteiger partial charge in [0.1, 0.15) is 28.8 Å². The van der Waals surface area contributed by atoms with E-state index in [0.717, 1.165) is 12.7 Å². The Hall–Kier alpha value is -0.560. The zero-order valence-corrected chi connectivity index (χ0v) is 17.2. The molecule has 1 saturated carbocycles. The minimum absolute atomic E-state index is 0.0490. The molecule has 2 aliphatic carbocycles. The van der Waals surface area contributed by atoms with Gasteiger partial charge in [-0.1, -0.05) is 0 Å². The largest absolute Gasteiger partial charge is 0.493 e. The van der Waals surface area contributed by atoms with Gasteiger partial charge in [0.2, 0.25) is 0 Å². The number of hydrogen-bond acceptors (Lipinski definition) is 5. The lowest BCUT2D eigenvalue weighted by atomic mass is 10.1. The Morgan fingerprint density at radius 1 is 1.44 bits per heavy atom. The molecule has 0 spiro atoms. The number of rotatable bonds is 5. The summed E-state index contributed by atoms with van der Waals surface area (Å²) in [6, 6.07) is 4.82. The number of alkyl halides is 2. The summed E-state index contributed by atoms with van der Waals surface area (Å²) in [5, 5.41) is 8.84. The smallest absolute Gasteiger partial charge is 0.289 e. The van der Waals surface area contributed by atoms with Gasteiger partial charge in [0.15, 0.2) is 15.9 Å². The van der Waals surface area contributed by atoms with Crippen molar-refractivity contribution in [3.63, 3.8) is 0 Å². The Morgan fingerprint density at radius 2 is 2.12 bits per heavy atom. The van der Waals surface area contributed by atoms with E-state index in [4.69, 9.17) is 13.1 Å². The number of nitriles is 1. The van der Waals surface area contributed by atoms with Crippen LogP contribution in [-0.2, 0) is 12.9 Å². The highest BCUT2D eigenvalue weighted by Crippen LogP contribution is 2.60. The second-order valence-corrected chi connectivity index (χ2v) is 9.48. The fraction of sp³-hybridized carbons (Fsp3) is 0.533. The average molecular weight is 501 g/mol. The standard InChI is InChI=1S/C15H15F2INO4PS/c1-25(20,21)10-3-2-9(22-6-8-4-7(8)5-19)11-12(10)13(23-18)15(16,17)14(11)24/h2-3,7-8,13-14H,4,6,24H2,1H3. The monoisotopic (exact) mass is 501 g/mol. The summed E-state index contributed by atoms with van der Waals surface area (Å²) in [4.78, 5) is -0.178. The maximum Gasteiger partial charge on any atom is 0.289 e. The molecule has 10 heteroatoms. The van der Waals surface area contributed by atoms with Gasteiger partial charge in [-0.15, -0.1) is 9.24 Å². The van der Waals surface area contributed by atoms with Crippen LogP contribution in [0.5, 0.6) is 5.75 Å². The lowest BCUT2D eigenvalue weighted by Gasteiger charge is -2.20. The quantitative estimate of drug-likeness (QED) is 0.456. The second kappa shape index (κ2) is 6.55. The molecule has 1 aromatic carbocycles. The number of ether oxygens (including phenoxy) is 1. The number of benzene rings is 1. The molecule has 0 aromatic heterocycles. The summed E-state index contributed by atoms with van der Waals surface area (Å²) in [5.41, 5.74) is -1.24. The SMILES string of the molecule is CS(=O)(=O)c1ccc(OCC2CC2C#N)c2c1C(OI)C(F)(F)C2P. The van der Waals surface area contributed by atoms with Gasteiger partial charge in [-0.05, 0) is 18.6 Å². The Kier molecular flexibility index (Phi) is 5.04. The van der Waals surface area contributed by atoms with Crippen molar-refractivity contribution in [2.24, 2.45) is 11.8 Å². The zero-order valence-electron chi connectivity index (χ0n) is 13.1. The molecule has 5 atom stereocenters. The molecular weight excluding hydrogens is 486 g/mol. The molecule has 0 heterocycles. The molecule has 0 radical (unpaired) electrons. The first-order valence-electron chi connectivity index (χ1n) is 7.43. The number of fused-ring (bicyclic) bond motifs is 1. The van der Waals surface area contributed by atoms with E-state index in [-0.39, 0.29) is 40.2 Å². The molecule has 25 heavy (non-hydrogen) atoms. The molecule has 136 valence electrons.